The first-order valence-electron chi connectivity index (χ1n) is 13.3. The predicted molar refractivity (Wildman–Crippen MR) is 162 cm³/mol. The topological polar surface area (TPSA) is 8.17 Å². The second-order valence-electron chi connectivity index (χ2n) is 10.7. The average molecular weight is 491 g/mol. The van der Waals surface area contributed by atoms with E-state index in [4.69, 9.17) is 0 Å². The van der Waals surface area contributed by atoms with Crippen molar-refractivity contribution in [1.82, 2.24) is 4.57 Å². The maximum absolute atomic E-state index is 3.89. The van der Waals surface area contributed by atoms with Crippen LogP contribution in [0.4, 0.5) is 17.1 Å². The first-order valence-corrected chi connectivity index (χ1v) is 13.3. The summed E-state index contributed by atoms with van der Waals surface area (Å²) in [5, 5.41) is 2.56. The molecule has 0 bridgehead atoms. The van der Waals surface area contributed by atoms with Crippen LogP contribution in [0.5, 0.6) is 0 Å². The molecule has 1 aliphatic rings. The number of rotatable bonds is 4. The number of fused-ring (bicyclic) bond motifs is 5. The zero-order chi connectivity index (χ0) is 25.9. The monoisotopic (exact) mass is 490 g/mol. The Morgan fingerprint density at radius 2 is 1.26 bits per heavy atom. The largest absolute Gasteiger partial charge is 0.336 e. The van der Waals surface area contributed by atoms with Crippen molar-refractivity contribution in [3.8, 4) is 0 Å². The molecular formula is C36H30N2. The second-order valence-corrected chi connectivity index (χ2v) is 10.7. The lowest BCUT2D eigenvalue weighted by molar-refractivity contribution is 0.632. The molecule has 7 rings (SSSR count). The van der Waals surface area contributed by atoms with E-state index in [0.29, 0.717) is 0 Å². The molecule has 0 N–H and O–H groups in total. The number of nitrogens with zero attached hydrogens (tertiary/aromatic N) is 2. The van der Waals surface area contributed by atoms with Crippen LogP contribution in [-0.2, 0) is 12.0 Å². The van der Waals surface area contributed by atoms with Gasteiger partial charge in [-0.15, -0.1) is 0 Å². The zero-order valence-electron chi connectivity index (χ0n) is 21.9. The molecule has 0 saturated heterocycles. The van der Waals surface area contributed by atoms with Crippen molar-refractivity contribution in [2.24, 2.45) is 0 Å². The Bertz CT molecular complexity index is 1790. The minimum atomic E-state index is -0.0645. The maximum atomic E-state index is 3.89. The molecule has 0 radical (unpaired) electrons. The molecule has 0 unspecified atom stereocenters. The molecule has 5 aromatic carbocycles. The normalized spacial score (nSPS) is 13.9. The molecule has 1 aliphatic heterocycles. The van der Waals surface area contributed by atoms with Crippen LogP contribution in [0.1, 0.15) is 36.1 Å². The van der Waals surface area contributed by atoms with Crippen molar-refractivity contribution in [2.75, 3.05) is 4.90 Å². The van der Waals surface area contributed by atoms with E-state index < -0.39 is 0 Å². The van der Waals surface area contributed by atoms with Gasteiger partial charge in [0.2, 0.25) is 0 Å². The van der Waals surface area contributed by atoms with Crippen LogP contribution in [0.15, 0.2) is 122 Å². The Balaban J connectivity index is 1.43. The predicted octanol–water partition coefficient (Wildman–Crippen LogP) is 9.59. The van der Waals surface area contributed by atoms with Crippen LogP contribution in [0.2, 0.25) is 0 Å². The fraction of sp³-hybridized carbons (Fsp3) is 0.111. The standard InChI is InChI=1S/C36H30N2/c1-4-25-17-19-26(20-18-25)24-37-32-14-8-5-11-28(32)29-23-27(21-22-33(29)37)38-34-15-9-6-12-30(34)36(2,3)31-13-7-10-16-35(31)38/h4-23H,1,24H2,2-3H3. The molecule has 2 heterocycles. The molecule has 6 aromatic rings. The van der Waals surface area contributed by atoms with E-state index in [9.17, 15) is 0 Å². The van der Waals surface area contributed by atoms with E-state index in [0.717, 1.165) is 12.1 Å². The summed E-state index contributed by atoms with van der Waals surface area (Å²) < 4.78 is 2.44. The van der Waals surface area contributed by atoms with Gasteiger partial charge in [0, 0.05) is 39.5 Å². The lowest BCUT2D eigenvalue weighted by Crippen LogP contribution is -2.30. The van der Waals surface area contributed by atoms with Crippen LogP contribution in [0, 0.1) is 0 Å². The minimum absolute atomic E-state index is 0.0645. The third-order valence-corrected chi connectivity index (χ3v) is 8.21. The van der Waals surface area contributed by atoms with Crippen LogP contribution in [-0.4, -0.2) is 4.57 Å². The molecular weight excluding hydrogens is 460 g/mol. The number of benzene rings is 5. The minimum Gasteiger partial charge on any atom is -0.336 e. The summed E-state index contributed by atoms with van der Waals surface area (Å²) in [5.74, 6) is 0. The van der Waals surface area contributed by atoms with Crippen molar-refractivity contribution in [1.29, 1.82) is 0 Å². The van der Waals surface area contributed by atoms with Gasteiger partial charge >= 0.3 is 0 Å². The highest BCUT2D eigenvalue weighted by Gasteiger charge is 2.36. The number of para-hydroxylation sites is 3. The molecule has 184 valence electrons. The fourth-order valence-electron chi connectivity index (χ4n) is 6.24. The molecule has 38 heavy (non-hydrogen) atoms. The smallest absolute Gasteiger partial charge is 0.0502 e. The van der Waals surface area contributed by atoms with Gasteiger partial charge in [-0.2, -0.15) is 0 Å². The van der Waals surface area contributed by atoms with E-state index in [2.05, 4.69) is 145 Å². The number of anilines is 3. The number of aromatic nitrogens is 1. The molecule has 1 aromatic heterocycles. The summed E-state index contributed by atoms with van der Waals surface area (Å²) in [5.41, 5.74) is 11.3. The van der Waals surface area contributed by atoms with Crippen LogP contribution in [0.3, 0.4) is 0 Å². The molecule has 2 nitrogen and oxygen atoms in total. The maximum Gasteiger partial charge on any atom is 0.0502 e. The highest BCUT2D eigenvalue weighted by atomic mass is 15.2. The van der Waals surface area contributed by atoms with Gasteiger partial charge < -0.3 is 9.47 Å². The lowest BCUT2D eigenvalue weighted by Gasteiger charge is -2.42. The van der Waals surface area contributed by atoms with Crippen molar-refractivity contribution in [3.05, 3.63) is 144 Å². The van der Waals surface area contributed by atoms with Gasteiger partial charge in [0.15, 0.2) is 0 Å². The summed E-state index contributed by atoms with van der Waals surface area (Å²) in [6.07, 6.45) is 1.89. The zero-order valence-corrected chi connectivity index (χ0v) is 21.9. The highest BCUT2D eigenvalue weighted by Crippen LogP contribution is 2.52. The second kappa shape index (κ2) is 8.49. The van der Waals surface area contributed by atoms with E-state index in [-0.39, 0.29) is 5.41 Å². The summed E-state index contributed by atoms with van der Waals surface area (Å²) in [4.78, 5) is 2.44. The van der Waals surface area contributed by atoms with Gasteiger partial charge in [-0.05, 0) is 58.7 Å². The lowest BCUT2D eigenvalue weighted by atomic mass is 9.73. The number of hydrogen-bond acceptors (Lipinski definition) is 1. The van der Waals surface area contributed by atoms with E-state index >= 15 is 0 Å². The van der Waals surface area contributed by atoms with E-state index in [1.54, 1.807) is 0 Å². The molecule has 0 saturated carbocycles. The quantitative estimate of drug-likeness (QED) is 0.239. The van der Waals surface area contributed by atoms with Gasteiger partial charge in [-0.1, -0.05) is 105 Å². The Kier molecular flexibility index (Phi) is 5.06. The first kappa shape index (κ1) is 22.6. The molecule has 0 aliphatic carbocycles. The molecule has 0 spiro atoms. The third kappa shape index (κ3) is 3.34. The fourth-order valence-corrected chi connectivity index (χ4v) is 6.24. The SMILES string of the molecule is C=Cc1ccc(Cn2c3ccccc3c3cc(N4c5ccccc5C(C)(C)c5ccccc54)ccc32)cc1. The van der Waals surface area contributed by atoms with Gasteiger partial charge in [0.1, 0.15) is 0 Å². The third-order valence-electron chi connectivity index (χ3n) is 8.21. The van der Waals surface area contributed by atoms with Gasteiger partial charge in [-0.3, -0.25) is 0 Å². The van der Waals surface area contributed by atoms with Crippen molar-refractivity contribution < 1.29 is 0 Å². The summed E-state index contributed by atoms with van der Waals surface area (Å²) in [7, 11) is 0. The molecule has 0 amide bonds. The van der Waals surface area contributed by atoms with E-state index in [1.807, 2.05) is 6.08 Å². The van der Waals surface area contributed by atoms with Crippen LogP contribution < -0.4 is 4.90 Å². The van der Waals surface area contributed by atoms with Crippen molar-refractivity contribution >= 4 is 44.9 Å². The molecule has 2 heteroatoms. The van der Waals surface area contributed by atoms with Crippen molar-refractivity contribution in [2.45, 2.75) is 25.8 Å². The number of hydrogen-bond donors (Lipinski definition) is 0. The first-order chi connectivity index (χ1) is 18.6. The summed E-state index contributed by atoms with van der Waals surface area (Å²) in [6.45, 7) is 9.38. The molecule has 0 atom stereocenters. The Labute approximate surface area is 224 Å². The molecule has 0 fully saturated rings. The van der Waals surface area contributed by atoms with Crippen LogP contribution >= 0.6 is 0 Å². The van der Waals surface area contributed by atoms with Gasteiger partial charge in [-0.25, -0.2) is 0 Å². The van der Waals surface area contributed by atoms with Crippen LogP contribution in [0.25, 0.3) is 27.9 Å². The van der Waals surface area contributed by atoms with Gasteiger partial charge in [0.05, 0.1) is 11.4 Å². The van der Waals surface area contributed by atoms with Gasteiger partial charge in [0.25, 0.3) is 0 Å². The Morgan fingerprint density at radius 3 is 1.95 bits per heavy atom. The Morgan fingerprint density at radius 1 is 0.658 bits per heavy atom. The average Bonchev–Trinajstić information content (AvgIpc) is 3.26. The highest BCUT2D eigenvalue weighted by molar-refractivity contribution is 6.09. The summed E-state index contributed by atoms with van der Waals surface area (Å²) >= 11 is 0. The van der Waals surface area contributed by atoms with Crippen molar-refractivity contribution in [3.63, 3.8) is 0 Å². The van der Waals surface area contributed by atoms with E-state index in [1.165, 1.54) is 55.6 Å². The Hall–Kier alpha value is -4.56. The summed E-state index contributed by atoms with van der Waals surface area (Å²) in [6, 6.07) is 42.1.